The molecule has 6 nitrogen and oxygen atoms in total. The molecule has 0 spiro atoms. The maximum atomic E-state index is 12.0. The Kier molecular flexibility index (Phi) is 7.85. The van der Waals surface area contributed by atoms with E-state index in [1.165, 1.54) is 0 Å². The molecule has 0 bridgehead atoms. The van der Waals surface area contributed by atoms with Crippen molar-refractivity contribution in [3.8, 4) is 17.2 Å². The minimum absolute atomic E-state index is 0.165. The number of ether oxygens (including phenoxy) is 3. The number of hydrogen-bond acceptors (Lipinski definition) is 5. The molecular formula is C24H24N2O4. The topological polar surface area (TPSA) is 69.2 Å². The summed E-state index contributed by atoms with van der Waals surface area (Å²) in [5.41, 5.74) is 4.36. The quantitative estimate of drug-likeness (QED) is 0.406. The fourth-order valence-corrected chi connectivity index (χ4v) is 2.62. The number of nitrogens with one attached hydrogen (secondary N) is 1. The molecule has 0 fully saturated rings. The van der Waals surface area contributed by atoms with E-state index in [2.05, 4.69) is 10.5 Å². The van der Waals surface area contributed by atoms with Crippen molar-refractivity contribution in [2.75, 3.05) is 13.2 Å². The lowest BCUT2D eigenvalue weighted by Crippen LogP contribution is -2.24. The first-order valence-corrected chi connectivity index (χ1v) is 9.68. The second-order valence-corrected chi connectivity index (χ2v) is 6.31. The highest BCUT2D eigenvalue weighted by Crippen LogP contribution is 2.26. The second-order valence-electron chi connectivity index (χ2n) is 6.31. The van der Waals surface area contributed by atoms with Gasteiger partial charge in [0.1, 0.15) is 12.4 Å². The average molecular weight is 404 g/mol. The summed E-state index contributed by atoms with van der Waals surface area (Å²) in [6.45, 7) is 2.73. The molecule has 0 aliphatic heterocycles. The van der Waals surface area contributed by atoms with E-state index in [0.717, 1.165) is 16.9 Å². The number of carbonyl (C=O) groups excluding carboxylic acids is 1. The third-order valence-electron chi connectivity index (χ3n) is 4.02. The fourth-order valence-electron chi connectivity index (χ4n) is 2.62. The number of rotatable bonds is 10. The highest BCUT2D eigenvalue weighted by Gasteiger charge is 2.06. The molecule has 0 atom stereocenters. The highest BCUT2D eigenvalue weighted by molar-refractivity contribution is 5.83. The monoisotopic (exact) mass is 404 g/mol. The summed E-state index contributed by atoms with van der Waals surface area (Å²) in [5.74, 6) is 1.48. The SMILES string of the molecule is CCOc1ccccc1OCC(=O)N/N=C/c1cccc(OCc2ccccc2)c1. The summed E-state index contributed by atoms with van der Waals surface area (Å²) in [7, 11) is 0. The van der Waals surface area contributed by atoms with Crippen molar-refractivity contribution in [2.24, 2.45) is 5.10 Å². The molecule has 3 rings (SSSR count). The Morgan fingerprint density at radius 2 is 1.63 bits per heavy atom. The van der Waals surface area contributed by atoms with E-state index in [-0.39, 0.29) is 12.5 Å². The van der Waals surface area contributed by atoms with Crippen LogP contribution in [-0.2, 0) is 11.4 Å². The summed E-state index contributed by atoms with van der Waals surface area (Å²) in [6.07, 6.45) is 1.56. The number of hydrazone groups is 1. The Morgan fingerprint density at radius 3 is 2.40 bits per heavy atom. The smallest absolute Gasteiger partial charge is 0.277 e. The van der Waals surface area contributed by atoms with Crippen LogP contribution >= 0.6 is 0 Å². The van der Waals surface area contributed by atoms with Crippen LogP contribution in [0.2, 0.25) is 0 Å². The number of carbonyl (C=O) groups is 1. The van der Waals surface area contributed by atoms with Gasteiger partial charge in [0.15, 0.2) is 18.1 Å². The van der Waals surface area contributed by atoms with Crippen molar-refractivity contribution in [2.45, 2.75) is 13.5 Å². The molecule has 0 saturated heterocycles. The van der Waals surface area contributed by atoms with E-state index in [1.807, 2.05) is 73.7 Å². The average Bonchev–Trinajstić information content (AvgIpc) is 2.78. The highest BCUT2D eigenvalue weighted by atomic mass is 16.5. The van der Waals surface area contributed by atoms with Gasteiger partial charge in [-0.1, -0.05) is 54.6 Å². The van der Waals surface area contributed by atoms with Crippen molar-refractivity contribution in [1.29, 1.82) is 0 Å². The van der Waals surface area contributed by atoms with Crippen molar-refractivity contribution in [3.63, 3.8) is 0 Å². The Morgan fingerprint density at radius 1 is 0.900 bits per heavy atom. The van der Waals surface area contributed by atoms with Crippen molar-refractivity contribution >= 4 is 12.1 Å². The van der Waals surface area contributed by atoms with Crippen molar-refractivity contribution in [1.82, 2.24) is 5.43 Å². The van der Waals surface area contributed by atoms with Crippen LogP contribution in [0.4, 0.5) is 0 Å². The van der Waals surface area contributed by atoms with E-state index < -0.39 is 0 Å². The van der Waals surface area contributed by atoms with Gasteiger partial charge < -0.3 is 14.2 Å². The van der Waals surface area contributed by atoms with Crippen LogP contribution in [0.15, 0.2) is 84.0 Å². The molecule has 0 saturated carbocycles. The molecule has 3 aromatic rings. The Bertz CT molecular complexity index is 974. The standard InChI is InChI=1S/C24H24N2O4/c1-2-28-22-13-6-7-14-23(22)30-18-24(27)26-25-16-20-11-8-12-21(15-20)29-17-19-9-4-3-5-10-19/h3-16H,2,17-18H2,1H3,(H,26,27)/b25-16+. The van der Waals surface area contributed by atoms with Crippen LogP contribution in [0.3, 0.4) is 0 Å². The molecule has 154 valence electrons. The normalized spacial score (nSPS) is 10.6. The van der Waals surface area contributed by atoms with Crippen LogP contribution < -0.4 is 19.6 Å². The zero-order chi connectivity index (χ0) is 21.0. The van der Waals surface area contributed by atoms with E-state index in [1.54, 1.807) is 18.3 Å². The molecule has 0 aliphatic carbocycles. The van der Waals surface area contributed by atoms with Crippen molar-refractivity contribution < 1.29 is 19.0 Å². The van der Waals surface area contributed by atoms with E-state index in [0.29, 0.717) is 24.7 Å². The van der Waals surface area contributed by atoms with E-state index >= 15 is 0 Å². The molecule has 0 aliphatic rings. The largest absolute Gasteiger partial charge is 0.490 e. The van der Waals surface area contributed by atoms with Gasteiger partial charge in [-0.2, -0.15) is 5.10 Å². The molecule has 3 aromatic carbocycles. The fraction of sp³-hybridized carbons (Fsp3) is 0.167. The minimum atomic E-state index is -0.367. The molecule has 1 amide bonds. The van der Waals surface area contributed by atoms with Gasteiger partial charge in [0.25, 0.3) is 5.91 Å². The summed E-state index contributed by atoms with van der Waals surface area (Å²) in [4.78, 5) is 12.0. The van der Waals surface area contributed by atoms with Gasteiger partial charge in [0, 0.05) is 0 Å². The summed E-state index contributed by atoms with van der Waals surface area (Å²) < 4.78 is 16.8. The first-order chi connectivity index (χ1) is 14.7. The van der Waals surface area contributed by atoms with Crippen LogP contribution in [0, 0.1) is 0 Å². The van der Waals surface area contributed by atoms with Gasteiger partial charge in [-0.3, -0.25) is 4.79 Å². The van der Waals surface area contributed by atoms with E-state index in [9.17, 15) is 4.79 Å². The van der Waals surface area contributed by atoms with Gasteiger partial charge in [-0.05, 0) is 42.3 Å². The molecular weight excluding hydrogens is 380 g/mol. The van der Waals surface area contributed by atoms with E-state index in [4.69, 9.17) is 14.2 Å². The van der Waals surface area contributed by atoms with Gasteiger partial charge >= 0.3 is 0 Å². The lowest BCUT2D eigenvalue weighted by Gasteiger charge is -2.10. The molecule has 0 unspecified atom stereocenters. The predicted molar refractivity (Wildman–Crippen MR) is 116 cm³/mol. The second kappa shape index (κ2) is 11.3. The van der Waals surface area contributed by atoms with Crippen LogP contribution in [0.25, 0.3) is 0 Å². The molecule has 0 heterocycles. The summed E-state index contributed by atoms with van der Waals surface area (Å²) >= 11 is 0. The van der Waals surface area contributed by atoms with Crippen molar-refractivity contribution in [3.05, 3.63) is 90.0 Å². The molecule has 0 aromatic heterocycles. The molecule has 0 radical (unpaired) electrons. The first-order valence-electron chi connectivity index (χ1n) is 9.68. The lowest BCUT2D eigenvalue weighted by atomic mass is 10.2. The third kappa shape index (κ3) is 6.67. The van der Waals surface area contributed by atoms with Crippen LogP contribution in [0.5, 0.6) is 17.2 Å². The maximum absolute atomic E-state index is 12.0. The molecule has 30 heavy (non-hydrogen) atoms. The predicted octanol–water partition coefficient (Wildman–Crippen LogP) is 4.19. The Hall–Kier alpha value is -3.80. The maximum Gasteiger partial charge on any atom is 0.277 e. The number of para-hydroxylation sites is 2. The van der Waals surface area contributed by atoms with Gasteiger partial charge in [-0.25, -0.2) is 5.43 Å². The summed E-state index contributed by atoms with van der Waals surface area (Å²) in [5, 5.41) is 3.98. The van der Waals surface area contributed by atoms with Crippen LogP contribution in [-0.4, -0.2) is 25.3 Å². The van der Waals surface area contributed by atoms with Crippen LogP contribution in [0.1, 0.15) is 18.1 Å². The number of nitrogens with zero attached hydrogens (tertiary/aromatic N) is 1. The van der Waals surface area contributed by atoms with Gasteiger partial charge in [0.05, 0.1) is 12.8 Å². The Labute approximate surface area is 176 Å². The lowest BCUT2D eigenvalue weighted by molar-refractivity contribution is -0.123. The van der Waals surface area contributed by atoms with Gasteiger partial charge in [0.2, 0.25) is 0 Å². The first kappa shape index (κ1) is 20.9. The minimum Gasteiger partial charge on any atom is -0.490 e. The Balaban J connectivity index is 1.47. The number of hydrogen-bond donors (Lipinski definition) is 1. The zero-order valence-corrected chi connectivity index (χ0v) is 16.8. The zero-order valence-electron chi connectivity index (χ0n) is 16.8. The third-order valence-corrected chi connectivity index (χ3v) is 4.02. The molecule has 1 N–H and O–H groups in total. The number of benzene rings is 3. The number of amides is 1. The molecule has 6 heteroatoms. The van der Waals surface area contributed by atoms with Gasteiger partial charge in [-0.15, -0.1) is 0 Å². The summed E-state index contributed by atoms with van der Waals surface area (Å²) in [6, 6.07) is 24.6.